The van der Waals surface area contributed by atoms with Crippen molar-refractivity contribution in [1.82, 2.24) is 9.55 Å². The van der Waals surface area contributed by atoms with Crippen molar-refractivity contribution >= 4 is 50.7 Å². The molecule has 4 aromatic rings. The zero-order chi connectivity index (χ0) is 27.6. The van der Waals surface area contributed by atoms with Gasteiger partial charge in [-0.2, -0.15) is 13.2 Å². The molecule has 0 bridgehead atoms. The number of carbonyl (C=O) groups is 2. The molecule has 4 rings (SSSR count). The zero-order valence-corrected chi connectivity index (χ0v) is 21.7. The Bertz CT molecular complexity index is 1570. The van der Waals surface area contributed by atoms with Crippen LogP contribution in [0.5, 0.6) is 0 Å². The number of nitrogens with zero attached hydrogens (tertiary/aromatic N) is 2. The summed E-state index contributed by atoms with van der Waals surface area (Å²) in [6, 6.07) is 10.9. The van der Waals surface area contributed by atoms with Crippen LogP contribution in [0.15, 0.2) is 59.7 Å². The first kappa shape index (κ1) is 27.3. The van der Waals surface area contributed by atoms with Gasteiger partial charge in [-0.1, -0.05) is 41.9 Å². The van der Waals surface area contributed by atoms with E-state index in [2.05, 4.69) is 10.3 Å². The molecule has 0 aliphatic carbocycles. The predicted octanol–water partition coefficient (Wildman–Crippen LogP) is 6.04. The number of esters is 1. The fourth-order valence-corrected chi connectivity index (χ4v) is 4.94. The summed E-state index contributed by atoms with van der Waals surface area (Å²) in [5.41, 5.74) is -0.425. The number of aryl methyl sites for hydroxylation is 1. The van der Waals surface area contributed by atoms with Crippen molar-refractivity contribution in [3.05, 3.63) is 91.8 Å². The highest BCUT2D eigenvalue weighted by Crippen LogP contribution is 2.34. The number of rotatable bonds is 7. The first-order valence-electron chi connectivity index (χ1n) is 11.4. The zero-order valence-electron chi connectivity index (χ0n) is 20.1. The van der Waals surface area contributed by atoms with Crippen molar-refractivity contribution in [2.75, 3.05) is 11.9 Å². The molecule has 2 aromatic heterocycles. The first-order chi connectivity index (χ1) is 18.0. The summed E-state index contributed by atoms with van der Waals surface area (Å²) < 4.78 is 45.6. The van der Waals surface area contributed by atoms with Gasteiger partial charge >= 0.3 is 12.1 Å². The van der Waals surface area contributed by atoms with Crippen LogP contribution < -0.4 is 10.9 Å². The van der Waals surface area contributed by atoms with E-state index in [0.717, 1.165) is 46.0 Å². The second-order valence-electron chi connectivity index (χ2n) is 8.42. The molecule has 2 aromatic carbocycles. The van der Waals surface area contributed by atoms with Crippen LogP contribution in [0.1, 0.15) is 39.3 Å². The van der Waals surface area contributed by atoms with E-state index in [-0.39, 0.29) is 27.6 Å². The minimum atomic E-state index is -4.63. The Labute approximate surface area is 223 Å². The number of benzene rings is 2. The summed E-state index contributed by atoms with van der Waals surface area (Å²) in [5, 5.41) is 2.40. The van der Waals surface area contributed by atoms with E-state index >= 15 is 0 Å². The molecule has 198 valence electrons. The van der Waals surface area contributed by atoms with E-state index in [0.29, 0.717) is 16.8 Å². The SMILES string of the molecule is Cc1c(C(=O)OCCc2ccccc2)sc2ncn(C(C)C(=O)Nc3cc(C(F)(F)F)ccc3Cl)c(=O)c12. The Hall–Kier alpha value is -3.70. The number of halogens is 4. The molecule has 0 saturated carbocycles. The van der Waals surface area contributed by atoms with Gasteiger partial charge in [-0.3, -0.25) is 14.2 Å². The van der Waals surface area contributed by atoms with Crippen molar-refractivity contribution in [3.8, 4) is 0 Å². The minimum absolute atomic E-state index is 0.0939. The molecule has 0 aliphatic rings. The van der Waals surface area contributed by atoms with Gasteiger partial charge in [0.2, 0.25) is 5.91 Å². The number of aromatic nitrogens is 2. The Morgan fingerprint density at radius 1 is 1.18 bits per heavy atom. The van der Waals surface area contributed by atoms with Crippen molar-refractivity contribution in [2.24, 2.45) is 0 Å². The Morgan fingerprint density at radius 2 is 1.89 bits per heavy atom. The third-order valence-corrected chi connectivity index (χ3v) is 7.39. The Morgan fingerprint density at radius 3 is 2.58 bits per heavy atom. The number of thiophene rings is 1. The van der Waals surface area contributed by atoms with Gasteiger partial charge in [0.1, 0.15) is 15.7 Å². The van der Waals surface area contributed by atoms with Crippen LogP contribution >= 0.6 is 22.9 Å². The number of nitrogens with one attached hydrogen (secondary N) is 1. The molecule has 1 N–H and O–H groups in total. The fourth-order valence-electron chi connectivity index (χ4n) is 3.74. The molecular weight excluding hydrogens is 543 g/mol. The van der Waals surface area contributed by atoms with Gasteiger partial charge in [-0.15, -0.1) is 11.3 Å². The first-order valence-corrected chi connectivity index (χ1v) is 12.6. The van der Waals surface area contributed by atoms with Crippen LogP contribution in [0.3, 0.4) is 0 Å². The third kappa shape index (κ3) is 5.73. The molecule has 0 radical (unpaired) electrons. The molecule has 1 unspecified atom stereocenters. The van der Waals surface area contributed by atoms with Crippen LogP contribution in [0.2, 0.25) is 5.02 Å². The van der Waals surface area contributed by atoms with E-state index in [4.69, 9.17) is 16.3 Å². The highest BCUT2D eigenvalue weighted by atomic mass is 35.5. The molecule has 0 saturated heterocycles. The van der Waals surface area contributed by atoms with Crippen LogP contribution in [-0.2, 0) is 22.1 Å². The number of amides is 1. The quantitative estimate of drug-likeness (QED) is 0.277. The lowest BCUT2D eigenvalue weighted by molar-refractivity contribution is -0.137. The van der Waals surface area contributed by atoms with Crippen LogP contribution in [0.25, 0.3) is 10.2 Å². The maximum Gasteiger partial charge on any atom is 0.416 e. The normalized spacial score (nSPS) is 12.4. The summed E-state index contributed by atoms with van der Waals surface area (Å²) in [7, 11) is 0. The standard InChI is InChI=1S/C26H21ClF3N3O4S/c1-14-20-23(38-21(14)25(36)37-11-10-16-6-4-3-5-7-16)31-13-33(24(20)35)15(2)22(34)32-19-12-17(26(28,29)30)8-9-18(19)27/h3-9,12-13,15H,10-11H2,1-2H3,(H,32,34). The van der Waals surface area contributed by atoms with Gasteiger partial charge in [0.05, 0.1) is 34.6 Å². The summed E-state index contributed by atoms with van der Waals surface area (Å²) in [6.45, 7) is 3.14. The van der Waals surface area contributed by atoms with Crippen molar-refractivity contribution in [2.45, 2.75) is 32.5 Å². The Kier molecular flexibility index (Phi) is 7.89. The molecule has 0 spiro atoms. The maximum absolute atomic E-state index is 13.3. The summed E-state index contributed by atoms with van der Waals surface area (Å²) in [6.07, 6.45) is -2.94. The molecule has 38 heavy (non-hydrogen) atoms. The summed E-state index contributed by atoms with van der Waals surface area (Å²) in [4.78, 5) is 43.5. The molecule has 1 amide bonds. The van der Waals surface area contributed by atoms with Crippen molar-refractivity contribution in [1.29, 1.82) is 0 Å². The number of fused-ring (bicyclic) bond motifs is 1. The third-order valence-electron chi connectivity index (χ3n) is 5.88. The number of hydrogen-bond donors (Lipinski definition) is 1. The van der Waals surface area contributed by atoms with E-state index < -0.39 is 35.2 Å². The monoisotopic (exact) mass is 563 g/mol. The van der Waals surface area contributed by atoms with Crippen molar-refractivity contribution in [3.63, 3.8) is 0 Å². The molecule has 7 nitrogen and oxygen atoms in total. The largest absolute Gasteiger partial charge is 0.461 e. The van der Waals surface area contributed by atoms with Crippen LogP contribution in [0, 0.1) is 6.92 Å². The van der Waals surface area contributed by atoms with Crippen LogP contribution in [-0.4, -0.2) is 28.0 Å². The number of anilines is 1. The van der Waals surface area contributed by atoms with E-state index in [1.165, 1.54) is 6.92 Å². The lowest BCUT2D eigenvalue weighted by atomic mass is 10.1. The van der Waals surface area contributed by atoms with Gasteiger partial charge in [0.25, 0.3) is 5.56 Å². The molecule has 12 heteroatoms. The lowest BCUT2D eigenvalue weighted by Gasteiger charge is -2.16. The second-order valence-corrected chi connectivity index (χ2v) is 9.83. The van der Waals surface area contributed by atoms with Gasteiger partial charge in [-0.25, -0.2) is 9.78 Å². The van der Waals surface area contributed by atoms with Gasteiger partial charge in [0, 0.05) is 6.42 Å². The van der Waals surface area contributed by atoms with Crippen molar-refractivity contribution < 1.29 is 27.5 Å². The number of ether oxygens (including phenoxy) is 1. The fraction of sp³-hybridized carbons (Fsp3) is 0.231. The molecule has 0 fully saturated rings. The number of carbonyl (C=O) groups excluding carboxylic acids is 2. The average Bonchev–Trinajstić information content (AvgIpc) is 3.22. The van der Waals surface area contributed by atoms with Crippen LogP contribution in [0.4, 0.5) is 18.9 Å². The van der Waals surface area contributed by atoms with Gasteiger partial charge < -0.3 is 10.1 Å². The summed E-state index contributed by atoms with van der Waals surface area (Å²) >= 11 is 6.98. The number of hydrogen-bond acceptors (Lipinski definition) is 6. The molecule has 0 aliphatic heterocycles. The molecular formula is C26H21ClF3N3O4S. The molecule has 1 atom stereocenters. The molecule has 2 heterocycles. The highest BCUT2D eigenvalue weighted by Gasteiger charge is 2.31. The van der Waals surface area contributed by atoms with E-state index in [9.17, 15) is 27.6 Å². The van der Waals surface area contributed by atoms with Gasteiger partial charge in [0.15, 0.2) is 0 Å². The highest BCUT2D eigenvalue weighted by molar-refractivity contribution is 7.20. The number of alkyl halides is 3. The lowest BCUT2D eigenvalue weighted by Crippen LogP contribution is -2.32. The minimum Gasteiger partial charge on any atom is -0.461 e. The average molecular weight is 564 g/mol. The summed E-state index contributed by atoms with van der Waals surface area (Å²) in [5.74, 6) is -1.36. The van der Waals surface area contributed by atoms with E-state index in [1.54, 1.807) is 6.92 Å². The topological polar surface area (TPSA) is 90.3 Å². The smallest absolute Gasteiger partial charge is 0.416 e. The van der Waals surface area contributed by atoms with E-state index in [1.807, 2.05) is 30.3 Å². The predicted molar refractivity (Wildman–Crippen MR) is 139 cm³/mol. The Balaban J connectivity index is 1.54. The van der Waals surface area contributed by atoms with Gasteiger partial charge in [-0.05, 0) is 43.2 Å². The maximum atomic E-state index is 13.3. The second kappa shape index (κ2) is 11.0.